The molecule has 0 aliphatic rings. The van der Waals surface area contributed by atoms with Crippen molar-refractivity contribution >= 4 is 27.5 Å². The number of amides is 2. The zero-order chi connectivity index (χ0) is 30.2. The summed E-state index contributed by atoms with van der Waals surface area (Å²) in [7, 11) is -4.09. The van der Waals surface area contributed by atoms with Crippen molar-refractivity contribution < 1.29 is 18.0 Å². The number of carbonyl (C=O) groups is 2. The molecule has 7 nitrogen and oxygen atoms in total. The van der Waals surface area contributed by atoms with E-state index in [0.29, 0.717) is 18.7 Å². The lowest BCUT2D eigenvalue weighted by Gasteiger charge is -2.33. The fourth-order valence-corrected chi connectivity index (χ4v) is 5.93. The van der Waals surface area contributed by atoms with Crippen molar-refractivity contribution in [1.29, 1.82) is 0 Å². The van der Waals surface area contributed by atoms with Gasteiger partial charge in [0.1, 0.15) is 12.6 Å². The third kappa shape index (κ3) is 8.43. The van der Waals surface area contributed by atoms with Gasteiger partial charge in [0.15, 0.2) is 0 Å². The Labute approximate surface area is 245 Å². The first-order chi connectivity index (χ1) is 19.4. The van der Waals surface area contributed by atoms with Crippen LogP contribution in [0.5, 0.6) is 0 Å². The molecule has 3 rings (SSSR count). The van der Waals surface area contributed by atoms with E-state index >= 15 is 0 Å². The quantitative estimate of drug-likeness (QED) is 0.274. The fraction of sp³-hybridized carbons (Fsp3) is 0.394. The molecule has 0 aromatic heterocycles. The number of hydrogen-bond donors (Lipinski definition) is 1. The summed E-state index contributed by atoms with van der Waals surface area (Å²) in [6.45, 7) is 12.1. The Morgan fingerprint density at radius 2 is 1.46 bits per heavy atom. The molecule has 0 aliphatic carbocycles. The van der Waals surface area contributed by atoms with E-state index in [1.807, 2.05) is 70.2 Å². The SMILES string of the molecule is CCC(C(=O)NCC(C)C)N(Cc1ccccc1)C(=O)CN(c1ccc(C(C)C)cc1)S(=O)(=O)c1ccc(C)cc1. The van der Waals surface area contributed by atoms with Gasteiger partial charge in [0.25, 0.3) is 10.0 Å². The molecular weight excluding hydrogens is 534 g/mol. The summed E-state index contributed by atoms with van der Waals surface area (Å²) in [5.41, 5.74) is 3.23. The van der Waals surface area contributed by atoms with Gasteiger partial charge in [-0.2, -0.15) is 0 Å². The summed E-state index contributed by atoms with van der Waals surface area (Å²) < 4.78 is 29.2. The van der Waals surface area contributed by atoms with Crippen molar-refractivity contribution in [1.82, 2.24) is 10.2 Å². The number of benzene rings is 3. The van der Waals surface area contributed by atoms with E-state index in [-0.39, 0.29) is 29.2 Å². The minimum absolute atomic E-state index is 0.0974. The van der Waals surface area contributed by atoms with Crippen LogP contribution in [0.2, 0.25) is 0 Å². The largest absolute Gasteiger partial charge is 0.354 e. The molecule has 8 heteroatoms. The maximum atomic E-state index is 14.1. The first-order valence-corrected chi connectivity index (χ1v) is 15.7. The van der Waals surface area contributed by atoms with E-state index in [2.05, 4.69) is 19.2 Å². The Balaban J connectivity index is 2.04. The number of hydrogen-bond acceptors (Lipinski definition) is 4. The van der Waals surface area contributed by atoms with Gasteiger partial charge in [-0.05, 0) is 60.6 Å². The van der Waals surface area contributed by atoms with Crippen LogP contribution >= 0.6 is 0 Å². The normalized spacial score (nSPS) is 12.3. The second kappa shape index (κ2) is 14.3. The first-order valence-electron chi connectivity index (χ1n) is 14.2. The van der Waals surface area contributed by atoms with Gasteiger partial charge in [-0.15, -0.1) is 0 Å². The lowest BCUT2D eigenvalue weighted by molar-refractivity contribution is -0.140. The van der Waals surface area contributed by atoms with Crippen molar-refractivity contribution in [2.45, 2.75) is 71.4 Å². The summed E-state index contributed by atoms with van der Waals surface area (Å²) >= 11 is 0. The molecule has 2 amide bonds. The molecule has 0 saturated carbocycles. The van der Waals surface area contributed by atoms with Gasteiger partial charge in [-0.1, -0.05) is 94.8 Å². The first kappa shape index (κ1) is 31.9. The maximum absolute atomic E-state index is 14.1. The zero-order valence-electron chi connectivity index (χ0n) is 25.0. The number of rotatable bonds is 13. The molecule has 0 saturated heterocycles. The summed E-state index contributed by atoms with van der Waals surface area (Å²) in [6.07, 6.45) is 0.385. The van der Waals surface area contributed by atoms with Crippen molar-refractivity contribution in [2.24, 2.45) is 5.92 Å². The van der Waals surface area contributed by atoms with E-state index in [9.17, 15) is 18.0 Å². The summed E-state index contributed by atoms with van der Waals surface area (Å²) in [4.78, 5) is 29.0. The molecule has 1 atom stereocenters. The standard InChI is InChI=1S/C33H43N3O4S/c1-7-31(33(38)34-21-24(2)3)35(22-27-11-9-8-10-12-27)32(37)23-36(29-17-15-28(16-18-29)25(4)5)41(39,40)30-19-13-26(6)14-20-30/h8-20,24-25,31H,7,21-23H2,1-6H3,(H,34,38). The summed E-state index contributed by atoms with van der Waals surface area (Å²) in [5, 5.41) is 2.95. The van der Waals surface area contributed by atoms with Crippen LogP contribution in [-0.2, 0) is 26.2 Å². The molecule has 41 heavy (non-hydrogen) atoms. The summed E-state index contributed by atoms with van der Waals surface area (Å²) in [6, 6.07) is 22.5. The highest BCUT2D eigenvalue weighted by atomic mass is 32.2. The average molecular weight is 578 g/mol. The number of nitrogens with zero attached hydrogens (tertiary/aromatic N) is 2. The van der Waals surface area contributed by atoms with Gasteiger partial charge in [0.2, 0.25) is 11.8 Å². The Morgan fingerprint density at radius 1 is 0.854 bits per heavy atom. The van der Waals surface area contributed by atoms with Crippen molar-refractivity contribution in [3.05, 3.63) is 95.6 Å². The predicted octanol–water partition coefficient (Wildman–Crippen LogP) is 5.89. The van der Waals surface area contributed by atoms with Crippen LogP contribution in [0.1, 0.15) is 63.6 Å². The van der Waals surface area contributed by atoms with E-state index in [0.717, 1.165) is 21.0 Å². The number of nitrogens with one attached hydrogen (secondary N) is 1. The van der Waals surface area contributed by atoms with Crippen molar-refractivity contribution in [2.75, 3.05) is 17.4 Å². The lowest BCUT2D eigenvalue weighted by Crippen LogP contribution is -2.52. The van der Waals surface area contributed by atoms with Gasteiger partial charge in [0.05, 0.1) is 10.6 Å². The highest BCUT2D eigenvalue weighted by molar-refractivity contribution is 7.92. The topological polar surface area (TPSA) is 86.8 Å². The smallest absolute Gasteiger partial charge is 0.264 e. The van der Waals surface area contributed by atoms with E-state index < -0.39 is 28.5 Å². The fourth-order valence-electron chi connectivity index (χ4n) is 4.51. The molecule has 3 aromatic rings. The minimum atomic E-state index is -4.09. The maximum Gasteiger partial charge on any atom is 0.264 e. The Kier molecular flexibility index (Phi) is 11.1. The van der Waals surface area contributed by atoms with Crippen LogP contribution in [0.15, 0.2) is 83.8 Å². The number of sulfonamides is 1. The zero-order valence-corrected chi connectivity index (χ0v) is 25.8. The Bertz CT molecular complexity index is 1390. The van der Waals surface area contributed by atoms with Crippen LogP contribution < -0.4 is 9.62 Å². The molecule has 0 fully saturated rings. The van der Waals surface area contributed by atoms with Crippen LogP contribution in [-0.4, -0.2) is 44.3 Å². The van der Waals surface area contributed by atoms with Gasteiger partial charge in [-0.25, -0.2) is 8.42 Å². The van der Waals surface area contributed by atoms with Gasteiger partial charge in [-0.3, -0.25) is 13.9 Å². The molecule has 1 unspecified atom stereocenters. The summed E-state index contributed by atoms with van der Waals surface area (Å²) in [5.74, 6) is -0.189. The van der Waals surface area contributed by atoms with Crippen LogP contribution in [0, 0.1) is 12.8 Å². The van der Waals surface area contributed by atoms with Crippen LogP contribution in [0.25, 0.3) is 0 Å². The number of anilines is 1. The molecule has 0 radical (unpaired) electrons. The number of carbonyl (C=O) groups excluding carboxylic acids is 2. The van der Waals surface area contributed by atoms with Crippen molar-refractivity contribution in [3.63, 3.8) is 0 Å². The van der Waals surface area contributed by atoms with E-state index in [1.54, 1.807) is 36.4 Å². The highest BCUT2D eigenvalue weighted by Crippen LogP contribution is 2.27. The monoisotopic (exact) mass is 577 g/mol. The lowest BCUT2D eigenvalue weighted by atomic mass is 10.0. The van der Waals surface area contributed by atoms with Crippen molar-refractivity contribution in [3.8, 4) is 0 Å². The Morgan fingerprint density at radius 3 is 2.00 bits per heavy atom. The molecule has 0 heterocycles. The molecule has 0 spiro atoms. The highest BCUT2D eigenvalue weighted by Gasteiger charge is 2.33. The molecule has 220 valence electrons. The number of aryl methyl sites for hydroxylation is 1. The molecule has 3 aromatic carbocycles. The third-order valence-corrected chi connectivity index (χ3v) is 8.79. The second-order valence-electron chi connectivity index (χ2n) is 11.1. The van der Waals surface area contributed by atoms with E-state index in [1.165, 1.54) is 4.90 Å². The average Bonchev–Trinajstić information content (AvgIpc) is 2.95. The van der Waals surface area contributed by atoms with Gasteiger partial charge < -0.3 is 10.2 Å². The van der Waals surface area contributed by atoms with Gasteiger partial charge in [0, 0.05) is 13.1 Å². The van der Waals surface area contributed by atoms with E-state index in [4.69, 9.17) is 0 Å². The molecular formula is C33H43N3O4S. The molecule has 1 N–H and O–H groups in total. The molecule has 0 aliphatic heterocycles. The predicted molar refractivity (Wildman–Crippen MR) is 165 cm³/mol. The van der Waals surface area contributed by atoms with Crippen LogP contribution in [0.3, 0.4) is 0 Å². The van der Waals surface area contributed by atoms with Gasteiger partial charge >= 0.3 is 0 Å². The minimum Gasteiger partial charge on any atom is -0.354 e. The second-order valence-corrected chi connectivity index (χ2v) is 13.0. The van der Waals surface area contributed by atoms with Crippen LogP contribution in [0.4, 0.5) is 5.69 Å². The third-order valence-electron chi connectivity index (χ3n) is 7.00. The molecule has 0 bridgehead atoms. The Hall–Kier alpha value is -3.65.